The highest BCUT2D eigenvalue weighted by Gasteiger charge is 2.44. The van der Waals surface area contributed by atoms with E-state index in [1.807, 2.05) is 24.4 Å². The van der Waals surface area contributed by atoms with Crippen molar-refractivity contribution >= 4 is 16.8 Å². The molecule has 1 saturated carbocycles. The fourth-order valence-corrected chi connectivity index (χ4v) is 3.78. The number of hydrogen-bond acceptors (Lipinski definition) is 2. The van der Waals surface area contributed by atoms with E-state index in [2.05, 4.69) is 21.3 Å². The number of likely N-dealkylation sites (tertiary alicyclic amines) is 1. The molecule has 2 aliphatic rings. The molecule has 0 unspecified atom stereocenters. The molecule has 4 heteroatoms. The molecule has 23 heavy (non-hydrogen) atoms. The first-order valence-electron chi connectivity index (χ1n) is 8.78. The molecule has 2 fully saturated rings. The summed E-state index contributed by atoms with van der Waals surface area (Å²) in [5.41, 5.74) is 2.55. The molecular formula is C19H25N3O. The van der Waals surface area contributed by atoms with Crippen molar-refractivity contribution in [3.05, 3.63) is 36.0 Å². The van der Waals surface area contributed by atoms with Crippen LogP contribution in [0.25, 0.3) is 10.9 Å². The Labute approximate surface area is 137 Å². The van der Waals surface area contributed by atoms with Crippen LogP contribution in [0.2, 0.25) is 0 Å². The Morgan fingerprint density at radius 3 is 2.78 bits per heavy atom. The number of carbonyl (C=O) groups is 1. The third kappa shape index (κ3) is 3.27. The van der Waals surface area contributed by atoms with Crippen LogP contribution in [0, 0.1) is 5.41 Å². The fourth-order valence-electron chi connectivity index (χ4n) is 3.78. The molecular weight excluding hydrogens is 286 g/mol. The molecule has 0 bridgehead atoms. The van der Waals surface area contributed by atoms with Gasteiger partial charge in [-0.15, -0.1) is 0 Å². The topological polar surface area (TPSA) is 48.1 Å². The van der Waals surface area contributed by atoms with E-state index >= 15 is 0 Å². The van der Waals surface area contributed by atoms with E-state index in [-0.39, 0.29) is 5.91 Å². The number of nitrogens with one attached hydrogen (secondary N) is 2. The average Bonchev–Trinajstić information content (AvgIpc) is 2.96. The van der Waals surface area contributed by atoms with E-state index in [4.69, 9.17) is 0 Å². The van der Waals surface area contributed by atoms with Crippen LogP contribution < -0.4 is 5.32 Å². The number of hydrogen-bond donors (Lipinski definition) is 2. The van der Waals surface area contributed by atoms with Gasteiger partial charge in [0.05, 0.1) is 6.42 Å². The molecule has 2 heterocycles. The highest BCUT2D eigenvalue weighted by atomic mass is 16.1. The summed E-state index contributed by atoms with van der Waals surface area (Å²) in [6, 6.07) is 8.15. The molecule has 4 nitrogen and oxygen atoms in total. The van der Waals surface area contributed by atoms with E-state index in [9.17, 15) is 4.79 Å². The van der Waals surface area contributed by atoms with Crippen molar-refractivity contribution < 1.29 is 4.79 Å². The van der Waals surface area contributed by atoms with Crippen LogP contribution in [0.1, 0.15) is 31.2 Å². The smallest absolute Gasteiger partial charge is 0.224 e. The zero-order chi connectivity index (χ0) is 15.7. The van der Waals surface area contributed by atoms with Gasteiger partial charge in [-0.3, -0.25) is 4.79 Å². The molecule has 1 amide bonds. The minimum atomic E-state index is 0.141. The van der Waals surface area contributed by atoms with Gasteiger partial charge >= 0.3 is 0 Å². The summed E-state index contributed by atoms with van der Waals surface area (Å²) in [5, 5.41) is 4.34. The lowest BCUT2D eigenvalue weighted by molar-refractivity contribution is -0.120. The van der Waals surface area contributed by atoms with E-state index < -0.39 is 0 Å². The molecule has 0 radical (unpaired) electrons. The predicted octanol–water partition coefficient (Wildman–Crippen LogP) is 2.70. The number of rotatable bonds is 6. The standard InChI is InChI=1S/C19H25N3O/c23-18(11-15-12-20-17-6-2-1-5-16(15)17)21-13-19(7-8-19)14-22-9-3-4-10-22/h1-2,5-6,12,20H,3-4,7-11,13-14H2,(H,21,23). The molecule has 122 valence electrons. The Bertz CT molecular complexity index is 695. The van der Waals surface area contributed by atoms with Crippen molar-refractivity contribution in [1.82, 2.24) is 15.2 Å². The second-order valence-corrected chi connectivity index (χ2v) is 7.30. The molecule has 1 aromatic heterocycles. The number of nitrogens with zero attached hydrogens (tertiary/aromatic N) is 1. The molecule has 2 N–H and O–H groups in total. The summed E-state index contributed by atoms with van der Waals surface area (Å²) in [6.07, 6.45) is 7.62. The number of H-pyrrole nitrogens is 1. The Morgan fingerprint density at radius 2 is 2.00 bits per heavy atom. The third-order valence-corrected chi connectivity index (χ3v) is 5.40. The Hall–Kier alpha value is -1.81. The van der Waals surface area contributed by atoms with E-state index in [0.29, 0.717) is 11.8 Å². The first kappa shape index (κ1) is 14.8. The molecule has 0 atom stereocenters. The van der Waals surface area contributed by atoms with Gasteiger partial charge in [-0.1, -0.05) is 18.2 Å². The van der Waals surface area contributed by atoms with Crippen molar-refractivity contribution in [3.63, 3.8) is 0 Å². The summed E-state index contributed by atoms with van der Waals surface area (Å²) in [5.74, 6) is 0.141. The zero-order valence-electron chi connectivity index (χ0n) is 13.6. The maximum atomic E-state index is 12.3. The minimum Gasteiger partial charge on any atom is -0.361 e. The normalized spacial score (nSPS) is 20.0. The lowest BCUT2D eigenvalue weighted by Crippen LogP contribution is -2.37. The van der Waals surface area contributed by atoms with Crippen LogP contribution in [0.5, 0.6) is 0 Å². The van der Waals surface area contributed by atoms with Gasteiger partial charge in [0.25, 0.3) is 0 Å². The first-order chi connectivity index (χ1) is 11.2. The van der Waals surface area contributed by atoms with Crippen molar-refractivity contribution in [2.75, 3.05) is 26.2 Å². The fraction of sp³-hybridized carbons (Fsp3) is 0.526. The van der Waals surface area contributed by atoms with Crippen molar-refractivity contribution in [3.8, 4) is 0 Å². The first-order valence-corrected chi connectivity index (χ1v) is 8.78. The number of aromatic nitrogens is 1. The van der Waals surface area contributed by atoms with Crippen molar-refractivity contribution in [2.45, 2.75) is 32.1 Å². The average molecular weight is 311 g/mol. The predicted molar refractivity (Wildman–Crippen MR) is 92.4 cm³/mol. The number of para-hydroxylation sites is 1. The van der Waals surface area contributed by atoms with E-state index in [1.54, 1.807) is 0 Å². The lowest BCUT2D eigenvalue weighted by Gasteiger charge is -2.23. The number of carbonyl (C=O) groups excluding carboxylic acids is 1. The maximum absolute atomic E-state index is 12.3. The van der Waals surface area contributed by atoms with Gasteiger partial charge in [-0.2, -0.15) is 0 Å². The van der Waals surface area contributed by atoms with Gasteiger partial charge < -0.3 is 15.2 Å². The van der Waals surface area contributed by atoms with Crippen molar-refractivity contribution in [1.29, 1.82) is 0 Å². The second-order valence-electron chi connectivity index (χ2n) is 7.30. The second kappa shape index (κ2) is 6.00. The molecule has 0 spiro atoms. The summed E-state index contributed by atoms with van der Waals surface area (Å²) < 4.78 is 0. The van der Waals surface area contributed by atoms with Gasteiger partial charge in [0.1, 0.15) is 0 Å². The summed E-state index contributed by atoms with van der Waals surface area (Å²) in [6.45, 7) is 4.49. The zero-order valence-corrected chi connectivity index (χ0v) is 13.6. The quantitative estimate of drug-likeness (QED) is 0.862. The Kier molecular flexibility index (Phi) is 3.85. The molecule has 1 aliphatic heterocycles. The third-order valence-electron chi connectivity index (χ3n) is 5.40. The minimum absolute atomic E-state index is 0.141. The summed E-state index contributed by atoms with van der Waals surface area (Å²) in [4.78, 5) is 18.1. The summed E-state index contributed by atoms with van der Waals surface area (Å²) in [7, 11) is 0. The van der Waals surface area contributed by atoms with Crippen LogP contribution in [0.3, 0.4) is 0 Å². The SMILES string of the molecule is O=C(Cc1c[nH]c2ccccc12)NCC1(CN2CCCC2)CC1. The maximum Gasteiger partial charge on any atom is 0.224 e. The van der Waals surface area contributed by atoms with E-state index in [0.717, 1.165) is 23.0 Å². The van der Waals surface area contributed by atoms with Gasteiger partial charge in [0, 0.05) is 35.6 Å². The van der Waals surface area contributed by atoms with Crippen LogP contribution in [-0.4, -0.2) is 42.0 Å². The molecule has 1 saturated heterocycles. The number of aromatic amines is 1. The van der Waals surface area contributed by atoms with Gasteiger partial charge in [0.15, 0.2) is 0 Å². The van der Waals surface area contributed by atoms with Crippen LogP contribution in [0.4, 0.5) is 0 Å². The van der Waals surface area contributed by atoms with Gasteiger partial charge in [-0.25, -0.2) is 0 Å². The molecule has 2 aromatic rings. The van der Waals surface area contributed by atoms with Crippen LogP contribution >= 0.6 is 0 Å². The van der Waals surface area contributed by atoms with Crippen LogP contribution in [-0.2, 0) is 11.2 Å². The highest BCUT2D eigenvalue weighted by molar-refractivity contribution is 5.88. The van der Waals surface area contributed by atoms with Gasteiger partial charge in [0.2, 0.25) is 5.91 Å². The lowest BCUT2D eigenvalue weighted by atomic mass is 10.1. The molecule has 1 aliphatic carbocycles. The number of amides is 1. The molecule has 1 aromatic carbocycles. The van der Waals surface area contributed by atoms with E-state index in [1.165, 1.54) is 45.3 Å². The van der Waals surface area contributed by atoms with Crippen LogP contribution in [0.15, 0.2) is 30.5 Å². The highest BCUT2D eigenvalue weighted by Crippen LogP contribution is 2.46. The Morgan fingerprint density at radius 1 is 1.22 bits per heavy atom. The number of fused-ring (bicyclic) bond motifs is 1. The number of benzene rings is 1. The largest absolute Gasteiger partial charge is 0.361 e. The Balaban J connectivity index is 1.32. The van der Waals surface area contributed by atoms with Crippen molar-refractivity contribution in [2.24, 2.45) is 5.41 Å². The monoisotopic (exact) mass is 311 g/mol. The molecule has 4 rings (SSSR count). The van der Waals surface area contributed by atoms with Gasteiger partial charge in [-0.05, 0) is 50.4 Å². The summed E-state index contributed by atoms with van der Waals surface area (Å²) >= 11 is 0.